The van der Waals surface area contributed by atoms with Crippen molar-refractivity contribution in [1.29, 1.82) is 0 Å². The van der Waals surface area contributed by atoms with Crippen LogP contribution in [-0.2, 0) is 0 Å². The summed E-state index contributed by atoms with van der Waals surface area (Å²) in [5.74, 6) is -0.191. The largest absolute Gasteiger partial charge is 0.274 e. The fourth-order valence-electron chi connectivity index (χ4n) is 5.47. The molecule has 1 unspecified atom stereocenters. The van der Waals surface area contributed by atoms with Gasteiger partial charge in [-0.1, -0.05) is 90.0 Å². The maximum atomic E-state index is 14.3. The molecule has 0 fully saturated rings. The molecule has 0 aliphatic carbocycles. The Bertz CT molecular complexity index is 1900. The lowest BCUT2D eigenvalue weighted by Gasteiger charge is -2.22. The van der Waals surface area contributed by atoms with Crippen LogP contribution in [0, 0.1) is 13.8 Å². The van der Waals surface area contributed by atoms with E-state index in [1.165, 1.54) is 11.1 Å². The third kappa shape index (κ3) is 5.19. The molecule has 43 heavy (non-hydrogen) atoms. The van der Waals surface area contributed by atoms with Gasteiger partial charge in [-0.3, -0.25) is 4.79 Å². The molecule has 2 aliphatic rings. The SMILES string of the molecule is Cc1ccc(C2=NN(C(=O)c3cccc(C4=NN=NC4)c3)C(c3cn(-c4ccccc4)nc3-c3ccc(C)cc3)C2)cc1. The molecule has 7 rings (SSSR count). The van der Waals surface area contributed by atoms with E-state index in [9.17, 15) is 4.79 Å². The summed E-state index contributed by atoms with van der Waals surface area (Å²) in [5, 5.41) is 23.5. The molecule has 1 aromatic heterocycles. The van der Waals surface area contributed by atoms with E-state index >= 15 is 0 Å². The smallest absolute Gasteiger partial charge is 0.267 e. The standard InChI is InChI=1S/C35H29N7O/c1-23-11-15-25(16-12-23)31-20-33(42(38-31)35(43)28-8-6-7-27(19-28)32-21-36-40-37-32)30-22-41(29-9-4-3-5-10-29)39-34(30)26-17-13-24(2)14-18-26/h3-19,22,33H,20-21H2,1-2H3. The highest BCUT2D eigenvalue weighted by molar-refractivity contribution is 6.07. The molecule has 0 bridgehead atoms. The summed E-state index contributed by atoms with van der Waals surface area (Å²) in [6.45, 7) is 4.53. The van der Waals surface area contributed by atoms with Gasteiger partial charge in [-0.25, -0.2) is 9.69 Å². The Morgan fingerprint density at radius 2 is 1.49 bits per heavy atom. The van der Waals surface area contributed by atoms with E-state index in [2.05, 4.69) is 77.8 Å². The summed E-state index contributed by atoms with van der Waals surface area (Å²) in [6.07, 6.45) is 2.59. The minimum absolute atomic E-state index is 0.191. The first kappa shape index (κ1) is 26.4. The molecule has 1 atom stereocenters. The first-order chi connectivity index (χ1) is 21.0. The minimum Gasteiger partial charge on any atom is -0.267 e. The Balaban J connectivity index is 1.34. The first-order valence-corrected chi connectivity index (χ1v) is 14.3. The highest BCUT2D eigenvalue weighted by Gasteiger charge is 2.37. The van der Waals surface area contributed by atoms with Gasteiger partial charge in [0.2, 0.25) is 0 Å². The molecule has 1 amide bonds. The van der Waals surface area contributed by atoms with Crippen LogP contribution in [0.2, 0.25) is 0 Å². The molecule has 8 nitrogen and oxygen atoms in total. The number of carbonyl (C=O) groups is 1. The molecular formula is C35H29N7O. The lowest BCUT2D eigenvalue weighted by atomic mass is 9.95. The van der Waals surface area contributed by atoms with Crippen molar-refractivity contribution in [3.63, 3.8) is 0 Å². The molecule has 210 valence electrons. The van der Waals surface area contributed by atoms with Gasteiger partial charge in [0.05, 0.1) is 28.8 Å². The van der Waals surface area contributed by atoms with Crippen molar-refractivity contribution in [3.8, 4) is 16.9 Å². The van der Waals surface area contributed by atoms with E-state index in [1.807, 2.05) is 65.5 Å². The Labute approximate surface area is 249 Å². The van der Waals surface area contributed by atoms with Crippen molar-refractivity contribution in [3.05, 3.63) is 143 Å². The fraction of sp³-hybridized carbons (Fsp3) is 0.143. The number of para-hydroxylation sites is 1. The Morgan fingerprint density at radius 1 is 0.767 bits per heavy atom. The van der Waals surface area contributed by atoms with Crippen molar-refractivity contribution in [2.24, 2.45) is 20.5 Å². The summed E-state index contributed by atoms with van der Waals surface area (Å²) >= 11 is 0. The zero-order valence-electron chi connectivity index (χ0n) is 23.9. The highest BCUT2D eigenvalue weighted by Crippen LogP contribution is 2.39. The minimum atomic E-state index is -0.366. The number of nitrogens with zero attached hydrogens (tertiary/aromatic N) is 7. The lowest BCUT2D eigenvalue weighted by molar-refractivity contribution is 0.0711. The Hall–Kier alpha value is -5.50. The van der Waals surface area contributed by atoms with E-state index in [0.29, 0.717) is 18.5 Å². The van der Waals surface area contributed by atoms with Crippen LogP contribution < -0.4 is 0 Å². The highest BCUT2D eigenvalue weighted by atomic mass is 16.2. The molecule has 0 radical (unpaired) electrons. The van der Waals surface area contributed by atoms with E-state index in [0.717, 1.165) is 45.1 Å². The van der Waals surface area contributed by atoms with Crippen LogP contribution in [0.15, 0.2) is 130 Å². The van der Waals surface area contributed by atoms with Gasteiger partial charge < -0.3 is 0 Å². The van der Waals surface area contributed by atoms with E-state index in [4.69, 9.17) is 10.2 Å². The zero-order chi connectivity index (χ0) is 29.3. The number of aromatic nitrogens is 2. The predicted molar refractivity (Wildman–Crippen MR) is 168 cm³/mol. The molecule has 3 heterocycles. The summed E-state index contributed by atoms with van der Waals surface area (Å²) < 4.78 is 1.89. The molecule has 4 aromatic carbocycles. The molecule has 0 N–H and O–H groups in total. The molecular weight excluding hydrogens is 534 g/mol. The van der Waals surface area contributed by atoms with Gasteiger partial charge in [0.1, 0.15) is 6.54 Å². The summed E-state index contributed by atoms with van der Waals surface area (Å²) in [5.41, 5.74) is 9.96. The van der Waals surface area contributed by atoms with Crippen LogP contribution >= 0.6 is 0 Å². The second-order valence-corrected chi connectivity index (χ2v) is 10.9. The van der Waals surface area contributed by atoms with E-state index in [-0.39, 0.29) is 11.9 Å². The number of rotatable bonds is 6. The molecule has 0 saturated heterocycles. The summed E-state index contributed by atoms with van der Waals surface area (Å²) in [7, 11) is 0. The van der Waals surface area contributed by atoms with E-state index in [1.54, 1.807) is 5.01 Å². The van der Waals surface area contributed by atoms with Gasteiger partial charge in [-0.15, -0.1) is 5.10 Å². The lowest BCUT2D eigenvalue weighted by Crippen LogP contribution is -2.27. The first-order valence-electron chi connectivity index (χ1n) is 14.3. The van der Waals surface area contributed by atoms with Crippen molar-refractivity contribution in [2.45, 2.75) is 26.3 Å². The number of carbonyl (C=O) groups excluding carboxylic acids is 1. The number of amides is 1. The number of benzene rings is 4. The second-order valence-electron chi connectivity index (χ2n) is 10.9. The van der Waals surface area contributed by atoms with Gasteiger partial charge in [0, 0.05) is 34.9 Å². The second kappa shape index (κ2) is 11.1. The number of hydrazone groups is 1. The average Bonchev–Trinajstić information content (AvgIpc) is 3.82. The topological polar surface area (TPSA) is 87.6 Å². The Kier molecular flexibility index (Phi) is 6.79. The number of aryl methyl sites for hydroxylation is 2. The van der Waals surface area contributed by atoms with E-state index < -0.39 is 0 Å². The van der Waals surface area contributed by atoms with Crippen molar-refractivity contribution in [2.75, 3.05) is 6.54 Å². The summed E-state index contributed by atoms with van der Waals surface area (Å²) in [6, 6.07) is 33.7. The molecule has 0 spiro atoms. The van der Waals surface area contributed by atoms with Gasteiger partial charge in [-0.2, -0.15) is 15.3 Å². The molecule has 0 saturated carbocycles. The van der Waals surface area contributed by atoms with Crippen LogP contribution in [0.5, 0.6) is 0 Å². The number of hydrogen-bond donors (Lipinski definition) is 0. The van der Waals surface area contributed by atoms with Crippen molar-refractivity contribution >= 4 is 17.3 Å². The normalized spacial score (nSPS) is 16.0. The van der Waals surface area contributed by atoms with Crippen molar-refractivity contribution in [1.82, 2.24) is 14.8 Å². The fourth-order valence-corrected chi connectivity index (χ4v) is 5.47. The molecule has 2 aliphatic heterocycles. The zero-order valence-corrected chi connectivity index (χ0v) is 23.9. The van der Waals surface area contributed by atoms with Gasteiger partial charge >= 0.3 is 0 Å². The van der Waals surface area contributed by atoms with Crippen LogP contribution in [0.1, 0.15) is 50.6 Å². The van der Waals surface area contributed by atoms with Gasteiger partial charge in [-0.05, 0) is 48.9 Å². The summed E-state index contributed by atoms with van der Waals surface area (Å²) in [4.78, 5) is 14.3. The van der Waals surface area contributed by atoms with Crippen molar-refractivity contribution < 1.29 is 4.79 Å². The van der Waals surface area contributed by atoms with Crippen LogP contribution in [-0.4, -0.2) is 38.7 Å². The molecule has 8 heteroatoms. The van der Waals surface area contributed by atoms with Gasteiger partial charge in [0.25, 0.3) is 5.91 Å². The third-order valence-corrected chi connectivity index (χ3v) is 7.84. The number of hydrogen-bond acceptors (Lipinski definition) is 6. The maximum absolute atomic E-state index is 14.3. The van der Waals surface area contributed by atoms with Gasteiger partial charge in [0.15, 0.2) is 0 Å². The third-order valence-electron chi connectivity index (χ3n) is 7.84. The Morgan fingerprint density at radius 3 is 2.19 bits per heavy atom. The predicted octanol–water partition coefficient (Wildman–Crippen LogP) is 7.32. The monoisotopic (exact) mass is 563 g/mol. The van der Waals surface area contributed by atoms with Crippen LogP contribution in [0.25, 0.3) is 16.9 Å². The van der Waals surface area contributed by atoms with Crippen LogP contribution in [0.4, 0.5) is 0 Å². The molecule has 5 aromatic rings. The maximum Gasteiger partial charge on any atom is 0.274 e. The van der Waals surface area contributed by atoms with Crippen LogP contribution in [0.3, 0.4) is 0 Å². The quantitative estimate of drug-likeness (QED) is 0.217. The average molecular weight is 564 g/mol.